The van der Waals surface area contributed by atoms with Crippen LogP contribution < -0.4 is 5.73 Å². The highest BCUT2D eigenvalue weighted by Gasteiger charge is 2.44. The van der Waals surface area contributed by atoms with Crippen LogP contribution in [0.2, 0.25) is 0 Å². The van der Waals surface area contributed by atoms with Crippen LogP contribution in [0, 0.1) is 11.3 Å². The molecule has 2 aliphatic rings. The molecule has 0 spiro atoms. The molecule has 3 N–H and O–H groups in total. The van der Waals surface area contributed by atoms with Crippen molar-refractivity contribution in [3.8, 4) is 0 Å². The molecule has 2 fully saturated rings. The molecule has 1 aliphatic heterocycles. The fourth-order valence-corrected chi connectivity index (χ4v) is 3.25. The van der Waals surface area contributed by atoms with Crippen molar-refractivity contribution in [2.45, 2.75) is 51.9 Å². The van der Waals surface area contributed by atoms with Crippen molar-refractivity contribution in [3.63, 3.8) is 0 Å². The van der Waals surface area contributed by atoms with E-state index in [1.807, 2.05) is 0 Å². The number of nitrogens with two attached hydrogens (primary N) is 1. The molecular formula is C14H27N3O. The summed E-state index contributed by atoms with van der Waals surface area (Å²) in [6.07, 6.45) is 8.61. The number of rotatable bonds is 5. The predicted molar refractivity (Wildman–Crippen MR) is 73.8 cm³/mol. The first kappa shape index (κ1) is 13.7. The van der Waals surface area contributed by atoms with E-state index in [4.69, 9.17) is 10.9 Å². The SMILES string of the molecule is CCC1CCCN(CC2(CC(N)=NO)CC2)CC1. The molecule has 0 aromatic rings. The highest BCUT2D eigenvalue weighted by atomic mass is 16.4. The number of hydrogen-bond donors (Lipinski definition) is 2. The molecule has 4 nitrogen and oxygen atoms in total. The van der Waals surface area contributed by atoms with Gasteiger partial charge in [-0.05, 0) is 56.5 Å². The second-order valence-corrected chi connectivity index (χ2v) is 6.25. The topological polar surface area (TPSA) is 61.8 Å². The molecule has 0 amide bonds. The molecule has 1 unspecified atom stereocenters. The third-order valence-corrected chi connectivity index (χ3v) is 4.72. The summed E-state index contributed by atoms with van der Waals surface area (Å²) in [4.78, 5) is 2.60. The number of nitrogens with zero attached hydrogens (tertiary/aromatic N) is 2. The van der Waals surface area contributed by atoms with Gasteiger partial charge >= 0.3 is 0 Å². The predicted octanol–water partition coefficient (Wildman–Crippen LogP) is 2.42. The zero-order valence-electron chi connectivity index (χ0n) is 11.6. The Morgan fingerprint density at radius 1 is 1.39 bits per heavy atom. The normalized spacial score (nSPS) is 28.9. The van der Waals surface area contributed by atoms with Crippen LogP contribution in [0.5, 0.6) is 0 Å². The van der Waals surface area contributed by atoms with Gasteiger partial charge in [0.05, 0.1) is 0 Å². The molecule has 0 aromatic heterocycles. The first-order valence-corrected chi connectivity index (χ1v) is 7.36. The molecule has 4 heteroatoms. The maximum absolute atomic E-state index is 8.69. The molecule has 1 saturated carbocycles. The van der Waals surface area contributed by atoms with E-state index in [1.165, 1.54) is 51.6 Å². The highest BCUT2D eigenvalue weighted by molar-refractivity contribution is 5.80. The van der Waals surface area contributed by atoms with Gasteiger partial charge in [0.15, 0.2) is 0 Å². The van der Waals surface area contributed by atoms with Crippen LogP contribution in [-0.4, -0.2) is 35.6 Å². The summed E-state index contributed by atoms with van der Waals surface area (Å²) in [5.41, 5.74) is 5.98. The maximum Gasteiger partial charge on any atom is 0.139 e. The van der Waals surface area contributed by atoms with Crippen LogP contribution in [0.1, 0.15) is 51.9 Å². The summed E-state index contributed by atoms with van der Waals surface area (Å²) >= 11 is 0. The van der Waals surface area contributed by atoms with Gasteiger partial charge in [0, 0.05) is 13.0 Å². The fraction of sp³-hybridized carbons (Fsp3) is 0.929. The Morgan fingerprint density at radius 2 is 2.17 bits per heavy atom. The number of likely N-dealkylation sites (tertiary alicyclic amines) is 1. The van der Waals surface area contributed by atoms with Crippen LogP contribution in [0.15, 0.2) is 5.16 Å². The van der Waals surface area contributed by atoms with Crippen LogP contribution >= 0.6 is 0 Å². The molecule has 1 atom stereocenters. The van der Waals surface area contributed by atoms with E-state index in [1.54, 1.807) is 0 Å². The Balaban J connectivity index is 1.82. The summed E-state index contributed by atoms with van der Waals surface area (Å²) in [5, 5.41) is 11.8. The minimum Gasteiger partial charge on any atom is -0.409 e. The van der Waals surface area contributed by atoms with Crippen LogP contribution in [0.4, 0.5) is 0 Å². The summed E-state index contributed by atoms with van der Waals surface area (Å²) in [5.74, 6) is 1.32. The lowest BCUT2D eigenvalue weighted by molar-refractivity contribution is 0.225. The second-order valence-electron chi connectivity index (χ2n) is 6.25. The first-order chi connectivity index (χ1) is 8.67. The summed E-state index contributed by atoms with van der Waals surface area (Å²) in [7, 11) is 0. The maximum atomic E-state index is 8.69. The first-order valence-electron chi connectivity index (χ1n) is 7.36. The second kappa shape index (κ2) is 5.91. The van der Waals surface area contributed by atoms with Gasteiger partial charge in [0.1, 0.15) is 5.84 Å². The monoisotopic (exact) mass is 253 g/mol. The van der Waals surface area contributed by atoms with Gasteiger partial charge < -0.3 is 15.8 Å². The van der Waals surface area contributed by atoms with Crippen molar-refractivity contribution < 1.29 is 5.21 Å². The van der Waals surface area contributed by atoms with Crippen molar-refractivity contribution >= 4 is 5.84 Å². The molecule has 1 heterocycles. The van der Waals surface area contributed by atoms with Crippen molar-refractivity contribution in [2.24, 2.45) is 22.2 Å². The molecule has 104 valence electrons. The van der Waals surface area contributed by atoms with Crippen molar-refractivity contribution in [2.75, 3.05) is 19.6 Å². The number of amidine groups is 1. The fourth-order valence-electron chi connectivity index (χ4n) is 3.25. The summed E-state index contributed by atoms with van der Waals surface area (Å²) in [6, 6.07) is 0. The molecule has 1 saturated heterocycles. The van der Waals surface area contributed by atoms with E-state index in [9.17, 15) is 0 Å². The standard InChI is InChI=1S/C14H27N3O/c1-2-12-4-3-8-17(9-5-12)11-14(6-7-14)10-13(15)16-18/h12,18H,2-11H2,1H3,(H2,15,16). The van der Waals surface area contributed by atoms with Crippen LogP contribution in [0.3, 0.4) is 0 Å². The third-order valence-electron chi connectivity index (χ3n) is 4.72. The smallest absolute Gasteiger partial charge is 0.139 e. The minimum atomic E-state index is 0.322. The van der Waals surface area contributed by atoms with Gasteiger partial charge in [-0.1, -0.05) is 18.5 Å². The molecule has 0 aromatic carbocycles. The Labute approximate surface area is 110 Å². The molecular weight excluding hydrogens is 226 g/mol. The average molecular weight is 253 g/mol. The van der Waals surface area contributed by atoms with Gasteiger partial charge in [-0.25, -0.2) is 0 Å². The van der Waals surface area contributed by atoms with Crippen molar-refractivity contribution in [3.05, 3.63) is 0 Å². The quantitative estimate of drug-likeness (QED) is 0.342. The largest absolute Gasteiger partial charge is 0.409 e. The zero-order chi connectivity index (χ0) is 13.0. The van der Waals surface area contributed by atoms with E-state index in [0.717, 1.165) is 18.9 Å². The Bertz CT molecular complexity index is 299. The van der Waals surface area contributed by atoms with Gasteiger partial charge in [-0.15, -0.1) is 0 Å². The third kappa shape index (κ3) is 3.61. The lowest BCUT2D eigenvalue weighted by Crippen LogP contribution is -2.33. The van der Waals surface area contributed by atoms with Gasteiger partial charge in [-0.3, -0.25) is 0 Å². The number of hydrogen-bond acceptors (Lipinski definition) is 3. The Hall–Kier alpha value is -0.770. The lowest BCUT2D eigenvalue weighted by Gasteiger charge is -2.26. The van der Waals surface area contributed by atoms with Crippen molar-refractivity contribution in [1.82, 2.24) is 4.90 Å². The lowest BCUT2D eigenvalue weighted by atomic mass is 9.98. The molecule has 0 bridgehead atoms. The van der Waals surface area contributed by atoms with E-state index in [0.29, 0.717) is 11.3 Å². The number of oxime groups is 1. The van der Waals surface area contributed by atoms with Crippen LogP contribution in [0.25, 0.3) is 0 Å². The van der Waals surface area contributed by atoms with E-state index in [-0.39, 0.29) is 0 Å². The summed E-state index contributed by atoms with van der Waals surface area (Å²) in [6.45, 7) is 5.91. The molecule has 0 radical (unpaired) electrons. The van der Waals surface area contributed by atoms with E-state index in [2.05, 4.69) is 17.0 Å². The van der Waals surface area contributed by atoms with Crippen molar-refractivity contribution in [1.29, 1.82) is 0 Å². The van der Waals surface area contributed by atoms with E-state index < -0.39 is 0 Å². The van der Waals surface area contributed by atoms with Gasteiger partial charge in [-0.2, -0.15) is 0 Å². The van der Waals surface area contributed by atoms with Crippen LogP contribution in [-0.2, 0) is 0 Å². The zero-order valence-corrected chi connectivity index (χ0v) is 11.6. The average Bonchev–Trinajstić information content (AvgIpc) is 3.14. The Kier molecular flexibility index (Phi) is 4.49. The molecule has 18 heavy (non-hydrogen) atoms. The molecule has 1 aliphatic carbocycles. The molecule has 2 rings (SSSR count). The minimum absolute atomic E-state index is 0.322. The van der Waals surface area contributed by atoms with E-state index >= 15 is 0 Å². The van der Waals surface area contributed by atoms with Gasteiger partial charge in [0.2, 0.25) is 0 Å². The summed E-state index contributed by atoms with van der Waals surface area (Å²) < 4.78 is 0. The van der Waals surface area contributed by atoms with Gasteiger partial charge in [0.25, 0.3) is 0 Å². The highest BCUT2D eigenvalue weighted by Crippen LogP contribution is 2.49. The Morgan fingerprint density at radius 3 is 2.78 bits per heavy atom.